The van der Waals surface area contributed by atoms with Crippen molar-refractivity contribution in [2.75, 3.05) is 26.2 Å². The van der Waals surface area contributed by atoms with Crippen molar-refractivity contribution in [3.63, 3.8) is 0 Å². The van der Waals surface area contributed by atoms with Gasteiger partial charge in [0.15, 0.2) is 0 Å². The molecule has 0 aromatic carbocycles. The van der Waals surface area contributed by atoms with Gasteiger partial charge in [0.2, 0.25) is 0 Å². The molecule has 1 saturated heterocycles. The lowest BCUT2D eigenvalue weighted by atomic mass is 9.88. The number of hydrogen-bond acceptors (Lipinski definition) is 3. The van der Waals surface area contributed by atoms with Crippen LogP contribution >= 0.6 is 0 Å². The molecule has 3 heteroatoms. The van der Waals surface area contributed by atoms with E-state index >= 15 is 0 Å². The number of ether oxygens (including phenoxy) is 1. The van der Waals surface area contributed by atoms with Crippen LogP contribution in [0.1, 0.15) is 27.2 Å². The zero-order valence-corrected chi connectivity index (χ0v) is 9.45. The fourth-order valence-electron chi connectivity index (χ4n) is 1.78. The molecular weight excluding hydrogens is 178 g/mol. The van der Waals surface area contributed by atoms with E-state index in [0.717, 1.165) is 38.9 Å². The van der Waals surface area contributed by atoms with E-state index in [1.165, 1.54) is 0 Å². The lowest BCUT2D eigenvalue weighted by Gasteiger charge is -2.35. The zero-order chi connectivity index (χ0) is 10.6. The van der Waals surface area contributed by atoms with E-state index in [1.54, 1.807) is 0 Å². The molecule has 0 saturated carbocycles. The topological polar surface area (TPSA) is 29.5 Å². The predicted molar refractivity (Wildman–Crippen MR) is 56.3 cm³/mol. The van der Waals surface area contributed by atoms with Gasteiger partial charge in [-0.1, -0.05) is 13.8 Å². The van der Waals surface area contributed by atoms with Crippen molar-refractivity contribution in [2.45, 2.75) is 33.3 Å². The van der Waals surface area contributed by atoms with Crippen LogP contribution in [0.5, 0.6) is 0 Å². The van der Waals surface area contributed by atoms with Crippen molar-refractivity contribution in [2.24, 2.45) is 5.41 Å². The number of carbonyl (C=O) groups is 1. The molecule has 1 heterocycles. The first-order chi connectivity index (χ1) is 6.59. The first kappa shape index (κ1) is 11.7. The average Bonchev–Trinajstić information content (AvgIpc) is 2.18. The molecule has 0 radical (unpaired) electrons. The first-order valence-electron chi connectivity index (χ1n) is 5.40. The van der Waals surface area contributed by atoms with Crippen LogP contribution in [0, 0.1) is 5.41 Å². The minimum atomic E-state index is -0.183. The molecule has 0 aliphatic carbocycles. The average molecular weight is 199 g/mol. The highest BCUT2D eigenvalue weighted by Gasteiger charge is 2.27. The molecule has 1 rings (SSSR count). The van der Waals surface area contributed by atoms with E-state index in [2.05, 4.69) is 18.7 Å². The second-order valence-electron chi connectivity index (χ2n) is 4.54. The maximum Gasteiger partial charge on any atom is 0.127 e. The molecule has 0 amide bonds. The molecular formula is C11H21NO2. The molecule has 1 aliphatic heterocycles. The van der Waals surface area contributed by atoms with Crippen molar-refractivity contribution < 1.29 is 9.53 Å². The van der Waals surface area contributed by atoms with E-state index < -0.39 is 0 Å². The summed E-state index contributed by atoms with van der Waals surface area (Å²) in [6.45, 7) is 9.73. The Morgan fingerprint density at radius 1 is 1.64 bits per heavy atom. The van der Waals surface area contributed by atoms with Gasteiger partial charge in [0.1, 0.15) is 6.29 Å². The van der Waals surface area contributed by atoms with Crippen LogP contribution in [0.15, 0.2) is 0 Å². The lowest BCUT2D eigenvalue weighted by molar-refractivity contribution is -0.118. The third-order valence-corrected chi connectivity index (χ3v) is 3.00. The van der Waals surface area contributed by atoms with Crippen LogP contribution in [0.2, 0.25) is 0 Å². The minimum Gasteiger partial charge on any atom is -0.376 e. The Balaban J connectivity index is 2.45. The van der Waals surface area contributed by atoms with Crippen LogP contribution in [0.25, 0.3) is 0 Å². The molecule has 2 atom stereocenters. The van der Waals surface area contributed by atoms with Crippen molar-refractivity contribution in [3.8, 4) is 0 Å². The van der Waals surface area contributed by atoms with Crippen molar-refractivity contribution >= 4 is 6.29 Å². The molecule has 0 bridgehead atoms. The maximum atomic E-state index is 11.0. The minimum absolute atomic E-state index is 0.183. The molecule has 2 unspecified atom stereocenters. The molecule has 0 spiro atoms. The Morgan fingerprint density at radius 2 is 2.36 bits per heavy atom. The van der Waals surface area contributed by atoms with Gasteiger partial charge >= 0.3 is 0 Å². The Labute approximate surface area is 86.4 Å². The molecule has 82 valence electrons. The van der Waals surface area contributed by atoms with Gasteiger partial charge in [0, 0.05) is 25.0 Å². The summed E-state index contributed by atoms with van der Waals surface area (Å²) >= 11 is 0. The van der Waals surface area contributed by atoms with E-state index in [4.69, 9.17) is 4.74 Å². The smallest absolute Gasteiger partial charge is 0.127 e. The third kappa shape index (κ3) is 3.07. The van der Waals surface area contributed by atoms with Gasteiger partial charge in [0.25, 0.3) is 0 Å². The Kier molecular flexibility index (Phi) is 4.08. The summed E-state index contributed by atoms with van der Waals surface area (Å²) in [7, 11) is 0. The number of carbonyl (C=O) groups excluding carboxylic acids is 1. The third-order valence-electron chi connectivity index (χ3n) is 3.00. The SMILES string of the molecule is CCC(C)(C=O)CN1CCOC(C)C1. The van der Waals surface area contributed by atoms with Crippen molar-refractivity contribution in [1.29, 1.82) is 0 Å². The summed E-state index contributed by atoms with van der Waals surface area (Å²) < 4.78 is 5.46. The van der Waals surface area contributed by atoms with Gasteiger partial charge in [-0.15, -0.1) is 0 Å². The van der Waals surface area contributed by atoms with Crippen molar-refractivity contribution in [3.05, 3.63) is 0 Å². The highest BCUT2D eigenvalue weighted by molar-refractivity contribution is 5.58. The summed E-state index contributed by atoms with van der Waals surface area (Å²) in [5.41, 5.74) is -0.183. The highest BCUT2D eigenvalue weighted by Crippen LogP contribution is 2.20. The number of aldehydes is 1. The summed E-state index contributed by atoms with van der Waals surface area (Å²) in [5.74, 6) is 0. The quantitative estimate of drug-likeness (QED) is 0.640. The summed E-state index contributed by atoms with van der Waals surface area (Å²) in [6, 6.07) is 0. The van der Waals surface area contributed by atoms with Crippen LogP contribution < -0.4 is 0 Å². The zero-order valence-electron chi connectivity index (χ0n) is 9.45. The Bertz CT molecular complexity index is 196. The largest absolute Gasteiger partial charge is 0.376 e. The molecule has 0 N–H and O–H groups in total. The van der Waals surface area contributed by atoms with Crippen LogP contribution in [0.3, 0.4) is 0 Å². The highest BCUT2D eigenvalue weighted by atomic mass is 16.5. The first-order valence-corrected chi connectivity index (χ1v) is 5.40. The molecule has 1 aliphatic rings. The van der Waals surface area contributed by atoms with Crippen molar-refractivity contribution in [1.82, 2.24) is 4.90 Å². The molecule has 14 heavy (non-hydrogen) atoms. The summed E-state index contributed by atoms with van der Waals surface area (Å²) in [6.07, 6.45) is 2.30. The van der Waals surface area contributed by atoms with Gasteiger partial charge in [-0.2, -0.15) is 0 Å². The Hall–Kier alpha value is -0.410. The fraction of sp³-hybridized carbons (Fsp3) is 0.909. The van der Waals surface area contributed by atoms with Gasteiger partial charge < -0.3 is 9.53 Å². The molecule has 3 nitrogen and oxygen atoms in total. The van der Waals surface area contributed by atoms with E-state index in [9.17, 15) is 4.79 Å². The van der Waals surface area contributed by atoms with Gasteiger partial charge in [-0.3, -0.25) is 4.90 Å². The normalized spacial score (nSPS) is 28.4. The van der Waals surface area contributed by atoms with Gasteiger partial charge in [-0.25, -0.2) is 0 Å². The van der Waals surface area contributed by atoms with E-state index in [-0.39, 0.29) is 5.41 Å². The van der Waals surface area contributed by atoms with E-state index in [1.807, 2.05) is 6.92 Å². The number of rotatable bonds is 4. The number of hydrogen-bond donors (Lipinski definition) is 0. The number of nitrogens with zero attached hydrogens (tertiary/aromatic N) is 1. The van der Waals surface area contributed by atoms with Crippen LogP contribution in [0.4, 0.5) is 0 Å². The fourth-order valence-corrected chi connectivity index (χ4v) is 1.78. The molecule has 0 aromatic heterocycles. The molecule has 1 fully saturated rings. The van der Waals surface area contributed by atoms with Gasteiger partial charge in [0.05, 0.1) is 12.7 Å². The number of morpholine rings is 1. The predicted octanol–water partition coefficient (Wildman–Crippen LogP) is 1.32. The van der Waals surface area contributed by atoms with Gasteiger partial charge in [-0.05, 0) is 13.3 Å². The van der Waals surface area contributed by atoms with E-state index in [0.29, 0.717) is 6.10 Å². The van der Waals surface area contributed by atoms with Crippen LogP contribution in [-0.4, -0.2) is 43.5 Å². The second-order valence-corrected chi connectivity index (χ2v) is 4.54. The Morgan fingerprint density at radius 3 is 2.86 bits per heavy atom. The van der Waals surface area contributed by atoms with Crippen LogP contribution in [-0.2, 0) is 9.53 Å². The molecule has 0 aromatic rings. The summed E-state index contributed by atoms with van der Waals surface area (Å²) in [5, 5.41) is 0. The standard InChI is InChI=1S/C11H21NO2/c1-4-11(3,9-13)8-12-5-6-14-10(2)7-12/h9-10H,4-8H2,1-3H3. The summed E-state index contributed by atoms with van der Waals surface area (Å²) in [4.78, 5) is 13.3. The monoisotopic (exact) mass is 199 g/mol. The lowest BCUT2D eigenvalue weighted by Crippen LogP contribution is -2.46. The second kappa shape index (κ2) is 4.89. The maximum absolute atomic E-state index is 11.0.